The van der Waals surface area contributed by atoms with Crippen LogP contribution in [-0.2, 0) is 13.1 Å². The van der Waals surface area contributed by atoms with Crippen molar-refractivity contribution < 1.29 is 9.21 Å². The summed E-state index contributed by atoms with van der Waals surface area (Å²) in [6.45, 7) is 11.4. The number of thiazole rings is 1. The van der Waals surface area contributed by atoms with E-state index in [2.05, 4.69) is 53.7 Å². The normalized spacial score (nSPS) is 11.5. The van der Waals surface area contributed by atoms with Crippen LogP contribution < -0.4 is 5.32 Å². The highest BCUT2D eigenvalue weighted by atomic mass is 35.5. The van der Waals surface area contributed by atoms with Gasteiger partial charge in [0.15, 0.2) is 5.13 Å². The highest BCUT2D eigenvalue weighted by Crippen LogP contribution is 2.31. The van der Waals surface area contributed by atoms with Crippen molar-refractivity contribution in [3.05, 3.63) is 63.4 Å². The number of rotatable bonds is 7. The SMILES string of the molecule is Cc1nn(CC(C)C)c(Cl)c1C(=O)Nc1nc(-c2cc(C)n(Cc3ccco3)c2C)cs1. The van der Waals surface area contributed by atoms with Gasteiger partial charge in [-0.2, -0.15) is 5.10 Å². The van der Waals surface area contributed by atoms with Gasteiger partial charge in [0.1, 0.15) is 10.9 Å². The molecular formula is C23H26ClN5O2S. The van der Waals surface area contributed by atoms with Crippen LogP contribution in [0.5, 0.6) is 0 Å². The first-order valence-electron chi connectivity index (χ1n) is 10.4. The third kappa shape index (κ3) is 4.38. The summed E-state index contributed by atoms with van der Waals surface area (Å²) in [5, 5.41) is 10.1. The molecule has 168 valence electrons. The molecule has 0 saturated heterocycles. The van der Waals surface area contributed by atoms with E-state index in [-0.39, 0.29) is 5.91 Å². The summed E-state index contributed by atoms with van der Waals surface area (Å²) in [6, 6.07) is 5.96. The van der Waals surface area contributed by atoms with E-state index in [0.717, 1.165) is 28.4 Å². The molecule has 1 amide bonds. The van der Waals surface area contributed by atoms with Crippen LogP contribution in [0.1, 0.15) is 47.0 Å². The lowest BCUT2D eigenvalue weighted by atomic mass is 10.2. The second-order valence-corrected chi connectivity index (χ2v) is 9.49. The summed E-state index contributed by atoms with van der Waals surface area (Å²) in [6.07, 6.45) is 1.68. The Morgan fingerprint density at radius 1 is 1.31 bits per heavy atom. The summed E-state index contributed by atoms with van der Waals surface area (Å²) in [4.78, 5) is 17.6. The smallest absolute Gasteiger partial charge is 0.262 e. The minimum absolute atomic E-state index is 0.299. The Kier molecular flexibility index (Phi) is 6.26. The van der Waals surface area contributed by atoms with E-state index in [0.29, 0.717) is 40.5 Å². The molecule has 0 atom stereocenters. The van der Waals surface area contributed by atoms with Crippen molar-refractivity contribution in [2.24, 2.45) is 5.92 Å². The topological polar surface area (TPSA) is 77.9 Å². The van der Waals surface area contributed by atoms with E-state index in [1.807, 2.05) is 17.5 Å². The molecule has 4 heterocycles. The minimum Gasteiger partial charge on any atom is -0.467 e. The summed E-state index contributed by atoms with van der Waals surface area (Å²) >= 11 is 7.83. The molecule has 0 saturated carbocycles. The zero-order chi connectivity index (χ0) is 23.0. The van der Waals surface area contributed by atoms with E-state index < -0.39 is 0 Å². The van der Waals surface area contributed by atoms with Gasteiger partial charge in [-0.1, -0.05) is 25.4 Å². The number of aryl methyl sites for hydroxylation is 2. The number of carbonyl (C=O) groups is 1. The van der Waals surface area contributed by atoms with Crippen LogP contribution in [0.15, 0.2) is 34.3 Å². The number of carbonyl (C=O) groups excluding carboxylic acids is 1. The molecule has 32 heavy (non-hydrogen) atoms. The van der Waals surface area contributed by atoms with Gasteiger partial charge in [-0.25, -0.2) is 4.98 Å². The zero-order valence-corrected chi connectivity index (χ0v) is 20.3. The number of nitrogens with zero attached hydrogens (tertiary/aromatic N) is 4. The fourth-order valence-corrected chi connectivity index (χ4v) is 4.79. The van der Waals surface area contributed by atoms with Crippen molar-refractivity contribution in [2.45, 2.75) is 47.7 Å². The Hall–Kier alpha value is -2.84. The molecule has 7 nitrogen and oxygen atoms in total. The van der Waals surface area contributed by atoms with E-state index >= 15 is 0 Å². The van der Waals surface area contributed by atoms with Gasteiger partial charge in [-0.3, -0.25) is 14.8 Å². The monoisotopic (exact) mass is 471 g/mol. The lowest BCUT2D eigenvalue weighted by Gasteiger charge is -2.07. The van der Waals surface area contributed by atoms with Gasteiger partial charge >= 0.3 is 0 Å². The molecule has 0 aliphatic carbocycles. The highest BCUT2D eigenvalue weighted by molar-refractivity contribution is 7.14. The largest absolute Gasteiger partial charge is 0.467 e. The van der Waals surface area contributed by atoms with Crippen LogP contribution in [0.4, 0.5) is 5.13 Å². The molecule has 0 spiro atoms. The predicted molar refractivity (Wildman–Crippen MR) is 128 cm³/mol. The number of aromatic nitrogens is 4. The third-order valence-electron chi connectivity index (χ3n) is 5.30. The Morgan fingerprint density at radius 3 is 2.78 bits per heavy atom. The number of furan rings is 1. The minimum atomic E-state index is -0.299. The number of anilines is 1. The average molecular weight is 472 g/mol. The Morgan fingerprint density at radius 2 is 2.09 bits per heavy atom. The second kappa shape index (κ2) is 8.96. The van der Waals surface area contributed by atoms with Crippen LogP contribution in [0.2, 0.25) is 5.15 Å². The summed E-state index contributed by atoms with van der Waals surface area (Å²) in [5.74, 6) is 0.970. The van der Waals surface area contributed by atoms with Crippen molar-refractivity contribution in [3.8, 4) is 11.3 Å². The first kappa shape index (κ1) is 22.4. The molecule has 0 aliphatic rings. The van der Waals surface area contributed by atoms with E-state index in [1.165, 1.54) is 11.3 Å². The van der Waals surface area contributed by atoms with Gasteiger partial charge in [0, 0.05) is 28.9 Å². The fourth-order valence-electron chi connectivity index (χ4n) is 3.75. The van der Waals surface area contributed by atoms with Gasteiger partial charge in [0.2, 0.25) is 0 Å². The van der Waals surface area contributed by atoms with Crippen LogP contribution in [0.25, 0.3) is 11.3 Å². The van der Waals surface area contributed by atoms with Crippen molar-refractivity contribution in [2.75, 3.05) is 5.32 Å². The van der Waals surface area contributed by atoms with Crippen LogP contribution >= 0.6 is 22.9 Å². The van der Waals surface area contributed by atoms with Crippen molar-refractivity contribution in [3.63, 3.8) is 0 Å². The first-order valence-corrected chi connectivity index (χ1v) is 11.7. The van der Waals surface area contributed by atoms with Gasteiger partial charge < -0.3 is 8.98 Å². The van der Waals surface area contributed by atoms with Crippen molar-refractivity contribution in [1.29, 1.82) is 0 Å². The molecule has 4 aromatic heterocycles. The standard InChI is InChI=1S/C23H26ClN5O2S/c1-13(2)10-29-21(24)20(15(4)27-29)22(30)26-23-25-19(12-32-23)18-9-14(3)28(16(18)5)11-17-7-6-8-31-17/h6-9,12-13H,10-11H2,1-5H3,(H,25,26,30). The number of hydrogen-bond donors (Lipinski definition) is 1. The molecule has 0 bridgehead atoms. The van der Waals surface area contributed by atoms with Gasteiger partial charge in [-0.05, 0) is 44.9 Å². The van der Waals surface area contributed by atoms with Gasteiger partial charge in [0.25, 0.3) is 5.91 Å². The van der Waals surface area contributed by atoms with E-state index in [9.17, 15) is 4.79 Å². The van der Waals surface area contributed by atoms with Crippen molar-refractivity contribution >= 4 is 34.0 Å². The first-order chi connectivity index (χ1) is 15.2. The number of nitrogens with one attached hydrogen (secondary N) is 1. The molecule has 0 radical (unpaired) electrons. The maximum atomic E-state index is 12.9. The molecule has 1 N–H and O–H groups in total. The maximum absolute atomic E-state index is 12.9. The van der Waals surface area contributed by atoms with Crippen LogP contribution in [0, 0.1) is 26.7 Å². The van der Waals surface area contributed by atoms with Crippen LogP contribution in [0.3, 0.4) is 0 Å². The summed E-state index contributed by atoms with van der Waals surface area (Å²) in [5.41, 5.74) is 5.06. The number of halogens is 1. The molecule has 0 fully saturated rings. The number of hydrogen-bond acceptors (Lipinski definition) is 5. The fraction of sp³-hybridized carbons (Fsp3) is 0.348. The molecule has 0 aromatic carbocycles. The van der Waals surface area contributed by atoms with Crippen LogP contribution in [-0.4, -0.2) is 25.2 Å². The average Bonchev–Trinajstić information content (AvgIpc) is 3.49. The lowest BCUT2D eigenvalue weighted by molar-refractivity contribution is 0.102. The summed E-state index contributed by atoms with van der Waals surface area (Å²) < 4.78 is 9.37. The number of amides is 1. The van der Waals surface area contributed by atoms with Crippen molar-refractivity contribution in [1.82, 2.24) is 19.3 Å². The second-order valence-electron chi connectivity index (χ2n) is 8.27. The Balaban J connectivity index is 1.54. The van der Waals surface area contributed by atoms with E-state index in [1.54, 1.807) is 17.9 Å². The predicted octanol–water partition coefficient (Wildman–Crippen LogP) is 5.94. The molecule has 4 rings (SSSR count). The maximum Gasteiger partial charge on any atom is 0.262 e. The quantitative estimate of drug-likeness (QED) is 0.362. The third-order valence-corrected chi connectivity index (χ3v) is 6.44. The van der Waals surface area contributed by atoms with Gasteiger partial charge in [-0.15, -0.1) is 11.3 Å². The summed E-state index contributed by atoms with van der Waals surface area (Å²) in [7, 11) is 0. The zero-order valence-electron chi connectivity index (χ0n) is 18.8. The molecular weight excluding hydrogens is 446 g/mol. The molecule has 0 unspecified atom stereocenters. The van der Waals surface area contributed by atoms with Gasteiger partial charge in [0.05, 0.1) is 29.8 Å². The Bertz CT molecular complexity index is 1250. The lowest BCUT2D eigenvalue weighted by Crippen LogP contribution is -2.13. The molecule has 9 heteroatoms. The van der Waals surface area contributed by atoms with E-state index in [4.69, 9.17) is 16.0 Å². The molecule has 0 aliphatic heterocycles. The molecule has 4 aromatic rings. The Labute approximate surface area is 196 Å². The highest BCUT2D eigenvalue weighted by Gasteiger charge is 2.22.